The highest BCUT2D eigenvalue weighted by molar-refractivity contribution is 8.01. The number of carbonyl (C=O) groups excluding carboxylic acids is 1. The second kappa shape index (κ2) is 9.51. The van der Waals surface area contributed by atoms with Gasteiger partial charge in [0.05, 0.1) is 16.2 Å². The zero-order valence-electron chi connectivity index (χ0n) is 16.6. The summed E-state index contributed by atoms with van der Waals surface area (Å²) in [6.07, 6.45) is 15.9. The fraction of sp³-hybridized carbons (Fsp3) is 0.667. The van der Waals surface area contributed by atoms with E-state index in [4.69, 9.17) is 5.11 Å². The van der Waals surface area contributed by atoms with Crippen LogP contribution < -0.4 is 5.32 Å². The largest absolute Gasteiger partial charge is 0.481 e. The first-order chi connectivity index (χ1) is 14.1. The molecule has 0 aromatic carbocycles. The Morgan fingerprint density at radius 1 is 1.24 bits per heavy atom. The van der Waals surface area contributed by atoms with Gasteiger partial charge in [-0.25, -0.2) is 9.78 Å². The van der Waals surface area contributed by atoms with E-state index in [9.17, 15) is 9.59 Å². The van der Waals surface area contributed by atoms with Gasteiger partial charge in [0, 0.05) is 12.6 Å². The number of urea groups is 1. The maximum Gasteiger partial charge on any atom is 0.323 e. The fourth-order valence-electron chi connectivity index (χ4n) is 5.05. The molecular weight excluding hydrogens is 406 g/mol. The van der Waals surface area contributed by atoms with E-state index in [0.29, 0.717) is 23.0 Å². The number of allylic oxidation sites excluding steroid dienone is 2. The van der Waals surface area contributed by atoms with Crippen LogP contribution in [0.4, 0.5) is 9.93 Å². The predicted octanol–water partition coefficient (Wildman–Crippen LogP) is 5.09. The number of rotatable bonds is 8. The molecule has 3 unspecified atom stereocenters. The molecule has 0 spiro atoms. The molecule has 2 fully saturated rings. The molecule has 8 heteroatoms. The van der Waals surface area contributed by atoms with Crippen LogP contribution in [0.5, 0.6) is 0 Å². The third-order valence-corrected chi connectivity index (χ3v) is 8.56. The van der Waals surface area contributed by atoms with Crippen molar-refractivity contribution in [2.45, 2.75) is 61.6 Å². The third kappa shape index (κ3) is 5.34. The summed E-state index contributed by atoms with van der Waals surface area (Å²) in [4.78, 5) is 30.2. The van der Waals surface area contributed by atoms with Crippen molar-refractivity contribution in [3.8, 4) is 0 Å². The van der Waals surface area contributed by atoms with E-state index in [-0.39, 0.29) is 11.8 Å². The summed E-state index contributed by atoms with van der Waals surface area (Å²) >= 11 is 2.57. The van der Waals surface area contributed by atoms with Crippen LogP contribution in [0.2, 0.25) is 0 Å². The molecule has 1 aromatic rings. The smallest absolute Gasteiger partial charge is 0.323 e. The molecule has 0 saturated heterocycles. The fourth-order valence-corrected chi connectivity index (χ4v) is 6.64. The number of carboxylic acids is 1. The van der Waals surface area contributed by atoms with Crippen LogP contribution in [0, 0.1) is 17.8 Å². The summed E-state index contributed by atoms with van der Waals surface area (Å²) in [5, 5.41) is 12.3. The maximum atomic E-state index is 13.1. The Kier molecular flexibility index (Phi) is 6.80. The normalized spacial score (nSPS) is 26.0. The molecule has 3 aliphatic carbocycles. The van der Waals surface area contributed by atoms with Gasteiger partial charge in [-0.05, 0) is 49.9 Å². The van der Waals surface area contributed by atoms with Crippen LogP contribution in [0.25, 0.3) is 0 Å². The van der Waals surface area contributed by atoms with Crippen LogP contribution >= 0.6 is 23.1 Å². The first-order valence-corrected chi connectivity index (χ1v) is 12.4. The number of thiazole rings is 1. The second-order valence-corrected chi connectivity index (χ2v) is 10.7. The van der Waals surface area contributed by atoms with E-state index in [1.165, 1.54) is 55.2 Å². The quantitative estimate of drug-likeness (QED) is 0.439. The summed E-state index contributed by atoms with van der Waals surface area (Å²) in [7, 11) is 0. The molecule has 4 rings (SSSR count). The SMILES string of the molecule is O=C(O)CSc1cnc(NC(=O)N(CCC2CC3C=CC2C3)C2CCCCC2)s1. The number of thioether (sulfide) groups is 1. The molecular formula is C21H29N3O3S2. The molecule has 1 heterocycles. The van der Waals surface area contributed by atoms with Gasteiger partial charge in [-0.1, -0.05) is 42.8 Å². The number of fused-ring (bicyclic) bond motifs is 2. The second-order valence-electron chi connectivity index (χ2n) is 8.41. The molecule has 3 atom stereocenters. The lowest BCUT2D eigenvalue weighted by Gasteiger charge is -2.35. The summed E-state index contributed by atoms with van der Waals surface area (Å²) in [6.45, 7) is 0.810. The minimum absolute atomic E-state index is 0.00176. The van der Waals surface area contributed by atoms with Crippen molar-refractivity contribution in [2.75, 3.05) is 17.6 Å². The lowest BCUT2D eigenvalue weighted by atomic mass is 9.89. The monoisotopic (exact) mass is 435 g/mol. The lowest BCUT2D eigenvalue weighted by molar-refractivity contribution is -0.133. The molecule has 158 valence electrons. The molecule has 2 amide bonds. The van der Waals surface area contributed by atoms with Crippen LogP contribution in [-0.4, -0.2) is 45.3 Å². The Bertz CT molecular complexity index is 760. The van der Waals surface area contributed by atoms with Crippen molar-refractivity contribution in [1.82, 2.24) is 9.88 Å². The van der Waals surface area contributed by atoms with E-state index < -0.39 is 5.97 Å². The third-order valence-electron chi connectivity index (χ3n) is 6.47. The van der Waals surface area contributed by atoms with Crippen LogP contribution in [0.1, 0.15) is 51.4 Å². The van der Waals surface area contributed by atoms with Gasteiger partial charge in [0.15, 0.2) is 5.13 Å². The van der Waals surface area contributed by atoms with Gasteiger partial charge in [0.25, 0.3) is 0 Å². The van der Waals surface area contributed by atoms with Crippen LogP contribution in [-0.2, 0) is 4.79 Å². The first kappa shape index (κ1) is 20.7. The minimum atomic E-state index is -0.854. The van der Waals surface area contributed by atoms with E-state index >= 15 is 0 Å². The van der Waals surface area contributed by atoms with E-state index in [0.717, 1.165) is 35.9 Å². The molecule has 6 nitrogen and oxygen atoms in total. The Balaban J connectivity index is 1.36. The van der Waals surface area contributed by atoms with Crippen molar-refractivity contribution in [2.24, 2.45) is 17.8 Å². The number of hydrogen-bond donors (Lipinski definition) is 2. The molecule has 2 N–H and O–H groups in total. The number of nitrogens with zero attached hydrogens (tertiary/aromatic N) is 2. The number of carbonyl (C=O) groups is 2. The van der Waals surface area contributed by atoms with Gasteiger partial charge in [-0.3, -0.25) is 10.1 Å². The van der Waals surface area contributed by atoms with Crippen molar-refractivity contribution < 1.29 is 14.7 Å². The van der Waals surface area contributed by atoms with Gasteiger partial charge >= 0.3 is 12.0 Å². The highest BCUT2D eigenvalue weighted by atomic mass is 32.2. The van der Waals surface area contributed by atoms with Crippen molar-refractivity contribution in [1.29, 1.82) is 0 Å². The average molecular weight is 436 g/mol. The molecule has 0 radical (unpaired) electrons. The summed E-state index contributed by atoms with van der Waals surface area (Å²) < 4.78 is 0.806. The van der Waals surface area contributed by atoms with Gasteiger partial charge in [0.1, 0.15) is 0 Å². The van der Waals surface area contributed by atoms with Crippen molar-refractivity contribution in [3.63, 3.8) is 0 Å². The predicted molar refractivity (Wildman–Crippen MR) is 117 cm³/mol. The first-order valence-electron chi connectivity index (χ1n) is 10.6. The number of aromatic nitrogens is 1. The van der Waals surface area contributed by atoms with Gasteiger partial charge in [-0.2, -0.15) is 0 Å². The molecule has 0 aliphatic heterocycles. The number of amides is 2. The lowest BCUT2D eigenvalue weighted by Crippen LogP contribution is -2.45. The van der Waals surface area contributed by atoms with Crippen molar-refractivity contribution in [3.05, 3.63) is 18.3 Å². The van der Waals surface area contributed by atoms with Gasteiger partial charge in [0.2, 0.25) is 0 Å². The average Bonchev–Trinajstić information content (AvgIpc) is 3.45. The zero-order valence-corrected chi connectivity index (χ0v) is 18.2. The molecule has 1 aromatic heterocycles. The van der Waals surface area contributed by atoms with Gasteiger partial charge < -0.3 is 10.0 Å². The van der Waals surface area contributed by atoms with E-state index in [1.54, 1.807) is 6.20 Å². The van der Waals surface area contributed by atoms with Gasteiger partial charge in [-0.15, -0.1) is 11.8 Å². The summed E-state index contributed by atoms with van der Waals surface area (Å²) in [6, 6.07) is 0.262. The van der Waals surface area contributed by atoms with E-state index in [2.05, 4.69) is 27.4 Å². The van der Waals surface area contributed by atoms with Crippen LogP contribution in [0.15, 0.2) is 22.6 Å². The number of hydrogen-bond acceptors (Lipinski definition) is 5. The summed E-state index contributed by atoms with van der Waals surface area (Å²) in [5.41, 5.74) is 0. The minimum Gasteiger partial charge on any atom is -0.481 e. The number of anilines is 1. The molecule has 29 heavy (non-hydrogen) atoms. The topological polar surface area (TPSA) is 82.5 Å². The number of aliphatic carboxylic acids is 1. The molecule has 3 aliphatic rings. The van der Waals surface area contributed by atoms with Crippen LogP contribution in [0.3, 0.4) is 0 Å². The number of carboxylic acid groups (broad SMARTS) is 1. The maximum absolute atomic E-state index is 13.1. The van der Waals surface area contributed by atoms with E-state index in [1.807, 2.05) is 0 Å². The number of nitrogens with one attached hydrogen (secondary N) is 1. The molecule has 2 saturated carbocycles. The zero-order chi connectivity index (χ0) is 20.2. The summed E-state index contributed by atoms with van der Waals surface area (Å²) in [5.74, 6) is 1.33. The Hall–Kier alpha value is -1.54. The Labute approximate surface area is 180 Å². The Morgan fingerprint density at radius 3 is 2.76 bits per heavy atom. The highest BCUT2D eigenvalue weighted by Crippen LogP contribution is 2.45. The Morgan fingerprint density at radius 2 is 2.07 bits per heavy atom. The highest BCUT2D eigenvalue weighted by Gasteiger charge is 2.36. The standard InChI is InChI=1S/C21H29N3O3S2/c25-18(26)13-28-19-12-22-20(29-19)23-21(27)24(17-4-2-1-3-5-17)9-8-16-11-14-6-7-15(16)10-14/h6-7,12,14-17H,1-5,8-11,13H2,(H,25,26)(H,22,23,27). The van der Waals surface area contributed by atoms with Crippen molar-refractivity contribution >= 4 is 40.2 Å². The molecule has 2 bridgehead atoms.